The van der Waals surface area contributed by atoms with E-state index in [-0.39, 0.29) is 5.56 Å². The van der Waals surface area contributed by atoms with E-state index in [2.05, 4.69) is 10.6 Å². The molecule has 26 heavy (non-hydrogen) atoms. The summed E-state index contributed by atoms with van der Waals surface area (Å²) in [5.41, 5.74) is 0.331. The van der Waals surface area contributed by atoms with Crippen LogP contribution in [-0.2, 0) is 14.3 Å². The van der Waals surface area contributed by atoms with Gasteiger partial charge in [0.1, 0.15) is 18.1 Å². The third-order valence-corrected chi connectivity index (χ3v) is 3.25. The number of hydrogen-bond donors (Lipinski definition) is 2. The van der Waals surface area contributed by atoms with Crippen molar-refractivity contribution in [2.45, 2.75) is 0 Å². The van der Waals surface area contributed by atoms with Crippen LogP contribution in [0.15, 0.2) is 48.5 Å². The lowest BCUT2D eigenvalue weighted by Gasteiger charge is -2.08. The molecule has 0 saturated heterocycles. The van der Waals surface area contributed by atoms with Crippen LogP contribution in [0.4, 0.5) is 10.1 Å². The minimum Gasteiger partial charge on any atom is -0.497 e. The van der Waals surface area contributed by atoms with Crippen molar-refractivity contribution >= 4 is 23.5 Å². The van der Waals surface area contributed by atoms with E-state index in [9.17, 15) is 18.8 Å². The molecule has 0 aliphatic carbocycles. The van der Waals surface area contributed by atoms with Crippen LogP contribution in [0.2, 0.25) is 0 Å². The molecule has 2 aromatic carbocycles. The second-order valence-corrected chi connectivity index (χ2v) is 5.10. The molecule has 0 saturated carbocycles. The quantitative estimate of drug-likeness (QED) is 0.734. The summed E-state index contributed by atoms with van der Waals surface area (Å²) in [6.45, 7) is -0.997. The molecule has 0 aliphatic rings. The van der Waals surface area contributed by atoms with Crippen molar-refractivity contribution in [2.24, 2.45) is 0 Å². The molecule has 2 rings (SSSR count). The second kappa shape index (κ2) is 9.16. The highest BCUT2D eigenvalue weighted by Crippen LogP contribution is 2.14. The van der Waals surface area contributed by atoms with E-state index >= 15 is 0 Å². The van der Waals surface area contributed by atoms with Gasteiger partial charge in [-0.1, -0.05) is 12.1 Å². The number of methoxy groups -OCH3 is 1. The highest BCUT2D eigenvalue weighted by Gasteiger charge is 2.13. The molecule has 0 atom stereocenters. The van der Waals surface area contributed by atoms with Crippen molar-refractivity contribution in [1.82, 2.24) is 5.32 Å². The van der Waals surface area contributed by atoms with Gasteiger partial charge < -0.3 is 20.1 Å². The van der Waals surface area contributed by atoms with Gasteiger partial charge >= 0.3 is 5.97 Å². The topological polar surface area (TPSA) is 93.7 Å². The Bertz CT molecular complexity index is 792. The van der Waals surface area contributed by atoms with E-state index in [0.717, 1.165) is 6.07 Å². The summed E-state index contributed by atoms with van der Waals surface area (Å²) in [5, 5.41) is 4.76. The first kappa shape index (κ1) is 18.9. The van der Waals surface area contributed by atoms with Gasteiger partial charge in [0, 0.05) is 5.69 Å². The van der Waals surface area contributed by atoms with Gasteiger partial charge in [-0.3, -0.25) is 14.4 Å². The van der Waals surface area contributed by atoms with E-state index in [1.807, 2.05) is 0 Å². The number of esters is 1. The molecule has 0 radical (unpaired) electrons. The van der Waals surface area contributed by atoms with Crippen LogP contribution in [0.1, 0.15) is 10.4 Å². The van der Waals surface area contributed by atoms with Gasteiger partial charge in [-0.05, 0) is 36.4 Å². The van der Waals surface area contributed by atoms with E-state index in [0.29, 0.717) is 11.4 Å². The summed E-state index contributed by atoms with van der Waals surface area (Å²) in [4.78, 5) is 35.0. The number of ether oxygens (including phenoxy) is 2. The number of carbonyl (C=O) groups excluding carboxylic acids is 3. The molecule has 2 aromatic rings. The maximum Gasteiger partial charge on any atom is 0.325 e. The molecule has 0 unspecified atom stereocenters. The Morgan fingerprint density at radius 3 is 2.38 bits per heavy atom. The van der Waals surface area contributed by atoms with Crippen LogP contribution in [0.3, 0.4) is 0 Å². The van der Waals surface area contributed by atoms with Gasteiger partial charge in [-0.15, -0.1) is 0 Å². The molecule has 0 spiro atoms. The van der Waals surface area contributed by atoms with E-state index in [1.54, 1.807) is 24.3 Å². The molecule has 8 heteroatoms. The fourth-order valence-electron chi connectivity index (χ4n) is 1.96. The van der Waals surface area contributed by atoms with Crippen molar-refractivity contribution in [3.8, 4) is 5.75 Å². The van der Waals surface area contributed by atoms with Gasteiger partial charge in [-0.25, -0.2) is 4.39 Å². The fourth-order valence-corrected chi connectivity index (χ4v) is 1.96. The molecular weight excluding hydrogens is 343 g/mol. The molecule has 0 bridgehead atoms. The van der Waals surface area contributed by atoms with Crippen LogP contribution >= 0.6 is 0 Å². The number of halogens is 1. The first-order valence-corrected chi connectivity index (χ1v) is 7.62. The zero-order valence-electron chi connectivity index (χ0n) is 14.0. The van der Waals surface area contributed by atoms with Crippen molar-refractivity contribution in [1.29, 1.82) is 0 Å². The number of nitrogens with one attached hydrogen (secondary N) is 2. The molecule has 2 amide bonds. The fraction of sp³-hybridized carbons (Fsp3) is 0.167. The number of benzene rings is 2. The predicted octanol–water partition coefficient (Wildman–Crippen LogP) is 1.75. The summed E-state index contributed by atoms with van der Waals surface area (Å²) in [7, 11) is 1.53. The first-order valence-electron chi connectivity index (χ1n) is 7.62. The second-order valence-electron chi connectivity index (χ2n) is 5.10. The molecule has 0 heterocycles. The maximum atomic E-state index is 13.4. The van der Waals surface area contributed by atoms with E-state index in [4.69, 9.17) is 9.47 Å². The first-order chi connectivity index (χ1) is 12.5. The van der Waals surface area contributed by atoms with Crippen LogP contribution in [0, 0.1) is 5.82 Å². The lowest BCUT2D eigenvalue weighted by molar-refractivity contribution is -0.146. The minimum atomic E-state index is -0.820. The Morgan fingerprint density at radius 2 is 1.73 bits per heavy atom. The number of anilines is 1. The van der Waals surface area contributed by atoms with E-state index < -0.39 is 36.8 Å². The Morgan fingerprint density at radius 1 is 1.04 bits per heavy atom. The summed E-state index contributed by atoms with van der Waals surface area (Å²) in [6, 6.07) is 12.0. The molecule has 0 fully saturated rings. The summed E-state index contributed by atoms with van der Waals surface area (Å²) in [6.07, 6.45) is 0. The SMILES string of the molecule is COc1ccc(NC(=O)COC(=O)CNC(=O)c2ccccc2F)cc1. The number of amides is 2. The van der Waals surface area contributed by atoms with Gasteiger partial charge in [0.15, 0.2) is 6.61 Å². The predicted molar refractivity (Wildman–Crippen MR) is 91.3 cm³/mol. The van der Waals surface area contributed by atoms with Crippen LogP contribution < -0.4 is 15.4 Å². The lowest BCUT2D eigenvalue weighted by Crippen LogP contribution is -2.32. The lowest BCUT2D eigenvalue weighted by atomic mass is 10.2. The van der Waals surface area contributed by atoms with E-state index in [1.165, 1.54) is 25.3 Å². The zero-order valence-corrected chi connectivity index (χ0v) is 14.0. The van der Waals surface area contributed by atoms with Crippen molar-refractivity contribution in [3.63, 3.8) is 0 Å². The highest BCUT2D eigenvalue weighted by molar-refractivity contribution is 5.96. The van der Waals surface area contributed by atoms with Crippen LogP contribution in [0.5, 0.6) is 5.75 Å². The zero-order chi connectivity index (χ0) is 18.9. The summed E-state index contributed by atoms with van der Waals surface area (Å²) < 4.78 is 23.2. The summed E-state index contributed by atoms with van der Waals surface area (Å²) >= 11 is 0. The number of hydrogen-bond acceptors (Lipinski definition) is 5. The Balaban J connectivity index is 1.73. The van der Waals surface area contributed by atoms with Crippen molar-refractivity contribution in [2.75, 3.05) is 25.6 Å². The highest BCUT2D eigenvalue weighted by atomic mass is 19.1. The van der Waals surface area contributed by atoms with Gasteiger partial charge in [0.05, 0.1) is 12.7 Å². The van der Waals surface area contributed by atoms with Gasteiger partial charge in [0.25, 0.3) is 11.8 Å². The maximum absolute atomic E-state index is 13.4. The third-order valence-electron chi connectivity index (χ3n) is 3.25. The van der Waals surface area contributed by atoms with Crippen molar-refractivity contribution in [3.05, 3.63) is 59.9 Å². The third kappa shape index (κ3) is 5.59. The number of carbonyl (C=O) groups is 3. The van der Waals surface area contributed by atoms with Crippen molar-refractivity contribution < 1.29 is 28.2 Å². The van der Waals surface area contributed by atoms with Gasteiger partial charge in [0.2, 0.25) is 0 Å². The monoisotopic (exact) mass is 360 g/mol. The minimum absolute atomic E-state index is 0.183. The summed E-state index contributed by atoms with van der Waals surface area (Å²) in [5.74, 6) is -2.16. The molecule has 2 N–H and O–H groups in total. The molecule has 0 aromatic heterocycles. The molecule has 136 valence electrons. The average Bonchev–Trinajstić information content (AvgIpc) is 2.65. The Labute approximate surface area is 149 Å². The average molecular weight is 360 g/mol. The van der Waals surface area contributed by atoms with Gasteiger partial charge in [-0.2, -0.15) is 0 Å². The molecule has 0 aliphatic heterocycles. The molecule has 7 nitrogen and oxygen atoms in total. The number of rotatable bonds is 7. The normalized spacial score (nSPS) is 9.92. The Kier molecular flexibility index (Phi) is 6.67. The smallest absolute Gasteiger partial charge is 0.325 e. The van der Waals surface area contributed by atoms with Crippen LogP contribution in [-0.4, -0.2) is 38.0 Å². The standard InChI is InChI=1S/C18H17FN2O5/c1-25-13-8-6-12(7-9-13)21-16(22)11-26-17(23)10-20-18(24)14-4-2-3-5-15(14)19/h2-9H,10-11H2,1H3,(H,20,24)(H,21,22). The van der Waals surface area contributed by atoms with Crippen LogP contribution in [0.25, 0.3) is 0 Å². The molecular formula is C18H17FN2O5. The largest absolute Gasteiger partial charge is 0.497 e. The Hall–Kier alpha value is -3.42.